The molecule has 21 heavy (non-hydrogen) atoms. The molecule has 1 atom stereocenters. The average molecular weight is 287 g/mol. The summed E-state index contributed by atoms with van der Waals surface area (Å²) in [4.78, 5) is 0. The second-order valence-electron chi connectivity index (χ2n) is 6.69. The van der Waals surface area contributed by atoms with Crippen molar-refractivity contribution in [1.29, 1.82) is 0 Å². The molecule has 0 saturated heterocycles. The number of hydrogen-bond donors (Lipinski definition) is 1. The van der Waals surface area contributed by atoms with Crippen LogP contribution in [0, 0.1) is 12.8 Å². The highest BCUT2D eigenvalue weighted by Crippen LogP contribution is 2.34. The molecule has 2 aromatic rings. The molecule has 0 aliphatic rings. The van der Waals surface area contributed by atoms with Gasteiger partial charge in [0.15, 0.2) is 0 Å². The summed E-state index contributed by atoms with van der Waals surface area (Å²) in [5.74, 6) is 2.10. The molecule has 0 saturated carbocycles. The molecule has 0 aliphatic carbocycles. The fourth-order valence-corrected chi connectivity index (χ4v) is 2.92. The van der Waals surface area contributed by atoms with Crippen LogP contribution in [0.4, 0.5) is 0 Å². The molecule has 0 amide bonds. The summed E-state index contributed by atoms with van der Waals surface area (Å²) in [6, 6.07) is 6.96. The van der Waals surface area contributed by atoms with E-state index in [1.165, 1.54) is 16.5 Å². The topological polar surface area (TPSA) is 25.2 Å². The number of rotatable bonds is 6. The monoisotopic (exact) mass is 287 g/mol. The van der Waals surface area contributed by atoms with Gasteiger partial charge in [0, 0.05) is 5.39 Å². The van der Waals surface area contributed by atoms with E-state index in [9.17, 15) is 0 Å². The molecule has 0 bridgehead atoms. The van der Waals surface area contributed by atoms with Crippen LogP contribution in [0.5, 0.6) is 0 Å². The summed E-state index contributed by atoms with van der Waals surface area (Å²) in [7, 11) is 0. The lowest BCUT2D eigenvalue weighted by Crippen LogP contribution is -2.25. The van der Waals surface area contributed by atoms with Gasteiger partial charge in [-0.05, 0) is 48.9 Å². The quantitative estimate of drug-likeness (QED) is 0.752. The first-order chi connectivity index (χ1) is 9.95. The Bertz CT molecular complexity index is 595. The number of aryl methyl sites for hydroxylation is 1. The van der Waals surface area contributed by atoms with Crippen molar-refractivity contribution < 1.29 is 4.42 Å². The highest BCUT2D eigenvalue weighted by molar-refractivity contribution is 5.85. The highest BCUT2D eigenvalue weighted by Gasteiger charge is 2.21. The summed E-state index contributed by atoms with van der Waals surface area (Å²) in [6.45, 7) is 14.3. The molecule has 2 nitrogen and oxygen atoms in total. The molecule has 2 rings (SSSR count). The normalized spacial score (nSPS) is 13.5. The van der Waals surface area contributed by atoms with E-state index in [1.54, 1.807) is 0 Å². The van der Waals surface area contributed by atoms with Gasteiger partial charge < -0.3 is 9.73 Å². The zero-order chi connectivity index (χ0) is 15.6. The summed E-state index contributed by atoms with van der Waals surface area (Å²) in [6.07, 6.45) is 1.14. The van der Waals surface area contributed by atoms with Crippen LogP contribution >= 0.6 is 0 Å². The maximum Gasteiger partial charge on any atom is 0.137 e. The van der Waals surface area contributed by atoms with Crippen LogP contribution in [0.2, 0.25) is 0 Å². The Morgan fingerprint density at radius 1 is 1.14 bits per heavy atom. The van der Waals surface area contributed by atoms with E-state index in [2.05, 4.69) is 65.1 Å². The maximum atomic E-state index is 6.25. The van der Waals surface area contributed by atoms with Crippen molar-refractivity contribution >= 4 is 11.0 Å². The SMILES string of the molecule is CCCNC(c1cc2c(C(C)C)ccc(C)c2o1)C(C)C. The summed E-state index contributed by atoms with van der Waals surface area (Å²) >= 11 is 0. The third-order valence-electron chi connectivity index (χ3n) is 4.14. The van der Waals surface area contributed by atoms with Crippen LogP contribution in [0.15, 0.2) is 22.6 Å². The minimum atomic E-state index is 0.289. The smallest absolute Gasteiger partial charge is 0.137 e. The van der Waals surface area contributed by atoms with E-state index in [1.807, 2.05) is 0 Å². The third kappa shape index (κ3) is 3.32. The molecule has 0 spiro atoms. The van der Waals surface area contributed by atoms with Crippen LogP contribution in [0.3, 0.4) is 0 Å². The van der Waals surface area contributed by atoms with Crippen LogP contribution in [-0.2, 0) is 0 Å². The molecule has 2 heteroatoms. The van der Waals surface area contributed by atoms with E-state index >= 15 is 0 Å². The summed E-state index contributed by atoms with van der Waals surface area (Å²) in [5.41, 5.74) is 3.65. The standard InChI is InChI=1S/C19H29NO/c1-7-10-20-18(13(4)5)17-11-16-15(12(2)3)9-8-14(6)19(16)21-17/h8-9,11-13,18,20H,7,10H2,1-6H3. The van der Waals surface area contributed by atoms with E-state index in [4.69, 9.17) is 4.42 Å². The Hall–Kier alpha value is -1.28. The highest BCUT2D eigenvalue weighted by atomic mass is 16.3. The summed E-state index contributed by atoms with van der Waals surface area (Å²) in [5, 5.41) is 4.90. The van der Waals surface area contributed by atoms with Crippen molar-refractivity contribution in [2.75, 3.05) is 6.54 Å². The van der Waals surface area contributed by atoms with E-state index < -0.39 is 0 Å². The van der Waals surface area contributed by atoms with Crippen LogP contribution < -0.4 is 5.32 Å². The zero-order valence-corrected chi connectivity index (χ0v) is 14.3. The largest absolute Gasteiger partial charge is 0.459 e. The van der Waals surface area contributed by atoms with Gasteiger partial charge in [-0.15, -0.1) is 0 Å². The molecule has 116 valence electrons. The van der Waals surface area contributed by atoms with Crippen LogP contribution in [0.25, 0.3) is 11.0 Å². The Balaban J connectivity index is 2.50. The van der Waals surface area contributed by atoms with E-state index in [-0.39, 0.29) is 6.04 Å². The van der Waals surface area contributed by atoms with Gasteiger partial charge in [-0.3, -0.25) is 0 Å². The molecule has 0 radical (unpaired) electrons. The van der Waals surface area contributed by atoms with Crippen molar-refractivity contribution in [3.05, 3.63) is 35.1 Å². The number of furan rings is 1. The molecule has 1 heterocycles. The van der Waals surface area contributed by atoms with Crippen molar-refractivity contribution in [1.82, 2.24) is 5.32 Å². The Morgan fingerprint density at radius 2 is 1.86 bits per heavy atom. The van der Waals surface area contributed by atoms with Gasteiger partial charge in [0.2, 0.25) is 0 Å². The zero-order valence-electron chi connectivity index (χ0n) is 14.3. The first kappa shape index (κ1) is 16.1. The van der Waals surface area contributed by atoms with Gasteiger partial charge >= 0.3 is 0 Å². The van der Waals surface area contributed by atoms with Gasteiger partial charge in [-0.25, -0.2) is 0 Å². The summed E-state index contributed by atoms with van der Waals surface area (Å²) < 4.78 is 6.25. The van der Waals surface area contributed by atoms with Crippen molar-refractivity contribution in [3.8, 4) is 0 Å². The predicted octanol–water partition coefficient (Wildman–Crippen LogP) is 5.56. The van der Waals surface area contributed by atoms with Crippen LogP contribution in [0.1, 0.15) is 69.9 Å². The van der Waals surface area contributed by atoms with Crippen molar-refractivity contribution in [3.63, 3.8) is 0 Å². The fraction of sp³-hybridized carbons (Fsp3) is 0.579. The molecule has 1 N–H and O–H groups in total. The van der Waals surface area contributed by atoms with E-state index in [0.717, 1.165) is 24.3 Å². The van der Waals surface area contributed by atoms with Gasteiger partial charge in [-0.1, -0.05) is 46.8 Å². The van der Waals surface area contributed by atoms with Crippen LogP contribution in [-0.4, -0.2) is 6.54 Å². The van der Waals surface area contributed by atoms with Gasteiger partial charge in [0.25, 0.3) is 0 Å². The van der Waals surface area contributed by atoms with Crippen molar-refractivity contribution in [2.24, 2.45) is 5.92 Å². The van der Waals surface area contributed by atoms with Crippen molar-refractivity contribution in [2.45, 2.75) is 59.9 Å². The minimum absolute atomic E-state index is 0.289. The lowest BCUT2D eigenvalue weighted by molar-refractivity contribution is 0.351. The fourth-order valence-electron chi connectivity index (χ4n) is 2.92. The second kappa shape index (κ2) is 6.65. The molecule has 1 aromatic carbocycles. The molecular formula is C19H29NO. The minimum Gasteiger partial charge on any atom is -0.459 e. The Morgan fingerprint density at radius 3 is 2.43 bits per heavy atom. The number of benzene rings is 1. The third-order valence-corrected chi connectivity index (χ3v) is 4.14. The number of hydrogen-bond acceptors (Lipinski definition) is 2. The van der Waals surface area contributed by atoms with Gasteiger partial charge in [0.05, 0.1) is 6.04 Å². The van der Waals surface area contributed by atoms with E-state index in [0.29, 0.717) is 11.8 Å². The maximum absolute atomic E-state index is 6.25. The molecular weight excluding hydrogens is 258 g/mol. The first-order valence-corrected chi connectivity index (χ1v) is 8.22. The number of nitrogens with one attached hydrogen (secondary N) is 1. The van der Waals surface area contributed by atoms with Gasteiger partial charge in [0.1, 0.15) is 11.3 Å². The molecule has 1 aromatic heterocycles. The molecule has 0 aliphatic heterocycles. The molecule has 0 fully saturated rings. The first-order valence-electron chi connectivity index (χ1n) is 8.22. The molecule has 1 unspecified atom stereocenters. The lowest BCUT2D eigenvalue weighted by atomic mass is 9.96. The number of fused-ring (bicyclic) bond motifs is 1. The second-order valence-corrected chi connectivity index (χ2v) is 6.69. The van der Waals surface area contributed by atoms with Gasteiger partial charge in [-0.2, -0.15) is 0 Å². The Labute approximate surface area is 128 Å². The predicted molar refractivity (Wildman–Crippen MR) is 90.9 cm³/mol. The Kier molecular flexibility index (Phi) is 5.10. The lowest BCUT2D eigenvalue weighted by Gasteiger charge is -2.19. The average Bonchev–Trinajstić information content (AvgIpc) is 2.84.